The number of phosphoric ester groups is 1. The van der Waals surface area contributed by atoms with Crippen LogP contribution in [0.25, 0.3) is 0 Å². The number of hydrogen-bond donors (Lipinski definition) is 3. The molecule has 0 fully saturated rings. The van der Waals surface area contributed by atoms with E-state index in [0.717, 1.165) is 103 Å². The van der Waals surface area contributed by atoms with Gasteiger partial charge in [-0.1, -0.05) is 195 Å². The molecule has 0 saturated carbocycles. The molecule has 9 nitrogen and oxygen atoms in total. The summed E-state index contributed by atoms with van der Waals surface area (Å²) in [5.74, 6) is -0.539. The second-order valence-corrected chi connectivity index (χ2v) is 18.2. The van der Waals surface area contributed by atoms with Crippen LogP contribution < -0.4 is 5.32 Å². The zero-order chi connectivity index (χ0) is 47.4. The van der Waals surface area contributed by atoms with E-state index in [2.05, 4.69) is 116 Å². The maximum Gasteiger partial charge on any atom is 0.472 e. The van der Waals surface area contributed by atoms with E-state index >= 15 is 0 Å². The van der Waals surface area contributed by atoms with Crippen LogP contribution in [-0.4, -0.2) is 54.3 Å². The number of nitrogens with one attached hydrogen (secondary N) is 1. The van der Waals surface area contributed by atoms with Crippen LogP contribution in [0.2, 0.25) is 0 Å². The van der Waals surface area contributed by atoms with Crippen LogP contribution in [0.15, 0.2) is 97.2 Å². The lowest BCUT2D eigenvalue weighted by Gasteiger charge is -2.15. The third-order valence-electron chi connectivity index (χ3n) is 10.5. The number of ether oxygens (including phenoxy) is 1. The zero-order valence-corrected chi connectivity index (χ0v) is 42.0. The second-order valence-electron chi connectivity index (χ2n) is 16.8. The molecule has 0 radical (unpaired) electrons. The van der Waals surface area contributed by atoms with Crippen molar-refractivity contribution in [3.8, 4) is 0 Å². The summed E-state index contributed by atoms with van der Waals surface area (Å²) in [7, 11) is -4.44. The van der Waals surface area contributed by atoms with Gasteiger partial charge in [-0.25, -0.2) is 4.57 Å². The minimum absolute atomic E-state index is 0.0686. The Hall–Kier alpha value is -3.07. The Labute approximate surface area is 397 Å². The second kappa shape index (κ2) is 50.3. The van der Waals surface area contributed by atoms with Crippen molar-refractivity contribution < 1.29 is 37.9 Å². The van der Waals surface area contributed by atoms with Crippen LogP contribution in [-0.2, 0) is 27.9 Å². The molecule has 0 aromatic rings. The predicted octanol–water partition coefficient (Wildman–Crippen LogP) is 15.3. The van der Waals surface area contributed by atoms with Crippen LogP contribution in [0.5, 0.6) is 0 Å². The molecule has 0 rings (SSSR count). The summed E-state index contributed by atoms with van der Waals surface area (Å²) in [4.78, 5) is 34.1. The zero-order valence-electron chi connectivity index (χ0n) is 41.1. The summed E-state index contributed by atoms with van der Waals surface area (Å²) in [6.07, 6.45) is 66.2. The summed E-state index contributed by atoms with van der Waals surface area (Å²) in [6, 6.07) is 0. The number of rotatable bonds is 47. The highest BCUT2D eigenvalue weighted by Crippen LogP contribution is 2.42. The van der Waals surface area contributed by atoms with E-state index in [0.29, 0.717) is 6.42 Å². The van der Waals surface area contributed by atoms with Gasteiger partial charge in [0.25, 0.3) is 0 Å². The van der Waals surface area contributed by atoms with E-state index < -0.39 is 26.5 Å². The lowest BCUT2D eigenvalue weighted by molar-refractivity contribution is -0.147. The lowest BCUT2D eigenvalue weighted by Crippen LogP contribution is -2.27. The fourth-order valence-corrected chi connectivity index (χ4v) is 7.41. The predicted molar refractivity (Wildman–Crippen MR) is 275 cm³/mol. The van der Waals surface area contributed by atoms with Gasteiger partial charge in [0.05, 0.1) is 13.2 Å². The molecule has 0 aliphatic rings. The first-order valence-electron chi connectivity index (χ1n) is 25.7. The Morgan fingerprint density at radius 1 is 0.492 bits per heavy atom. The van der Waals surface area contributed by atoms with E-state index in [1.54, 1.807) is 0 Å². The summed E-state index contributed by atoms with van der Waals surface area (Å²) in [5, 5.41) is 12.7. The minimum atomic E-state index is -4.44. The van der Waals surface area contributed by atoms with Crippen molar-refractivity contribution in [2.24, 2.45) is 0 Å². The van der Waals surface area contributed by atoms with Crippen molar-refractivity contribution in [3.63, 3.8) is 0 Å². The normalized spacial score (nSPS) is 14.0. The summed E-state index contributed by atoms with van der Waals surface area (Å²) >= 11 is 0. The maximum atomic E-state index is 12.2. The van der Waals surface area contributed by atoms with Gasteiger partial charge in [0, 0.05) is 19.4 Å². The molecule has 0 spiro atoms. The van der Waals surface area contributed by atoms with E-state index in [4.69, 9.17) is 13.8 Å². The van der Waals surface area contributed by atoms with Gasteiger partial charge in [-0.3, -0.25) is 18.6 Å². The monoisotopic (exact) mass is 928 g/mol. The molecule has 372 valence electrons. The average molecular weight is 928 g/mol. The molecule has 0 bridgehead atoms. The molecule has 2 atom stereocenters. The molecular weight excluding hydrogens is 834 g/mol. The van der Waals surface area contributed by atoms with Crippen molar-refractivity contribution in [2.45, 2.75) is 213 Å². The molecule has 0 aliphatic carbocycles. The number of esters is 1. The molecule has 0 saturated heterocycles. The first-order chi connectivity index (χ1) is 31.8. The van der Waals surface area contributed by atoms with Crippen LogP contribution >= 0.6 is 7.82 Å². The van der Waals surface area contributed by atoms with E-state index in [9.17, 15) is 24.2 Å². The van der Waals surface area contributed by atoms with Crippen molar-refractivity contribution in [2.75, 3.05) is 26.4 Å². The minimum Gasteiger partial charge on any atom is -0.463 e. The fourth-order valence-electron chi connectivity index (χ4n) is 6.65. The van der Waals surface area contributed by atoms with Crippen molar-refractivity contribution in [3.05, 3.63) is 97.2 Å². The molecule has 10 heteroatoms. The molecule has 3 N–H and O–H groups in total. The number of unbranched alkanes of at least 4 members (excludes halogenated alkanes) is 18. The molecule has 65 heavy (non-hydrogen) atoms. The smallest absolute Gasteiger partial charge is 0.463 e. The summed E-state index contributed by atoms with van der Waals surface area (Å²) in [5.41, 5.74) is 0. The SMILES string of the molecule is CC/C=C\C/C=C\C/C=C\C/C=C\C/C=C\CCCCCCCCCC(=O)NCCOP(=O)(O)OCC(O)COC(=O)CCCCCCCCCC/C=C\C/C=C\C/C=C\CCCCC. The fraction of sp³-hybridized carbons (Fsp3) is 0.673. The Morgan fingerprint density at radius 2 is 0.877 bits per heavy atom. The van der Waals surface area contributed by atoms with E-state index in [1.807, 2.05) is 0 Å². The number of carbonyl (C=O) groups is 2. The molecule has 0 aliphatic heterocycles. The Balaban J connectivity index is 3.62. The first-order valence-corrected chi connectivity index (χ1v) is 27.2. The van der Waals surface area contributed by atoms with Gasteiger partial charge in [-0.15, -0.1) is 0 Å². The van der Waals surface area contributed by atoms with Crippen LogP contribution in [0.3, 0.4) is 0 Å². The van der Waals surface area contributed by atoms with Crippen molar-refractivity contribution in [1.82, 2.24) is 5.32 Å². The van der Waals surface area contributed by atoms with Gasteiger partial charge >= 0.3 is 13.8 Å². The van der Waals surface area contributed by atoms with Crippen LogP contribution in [0.4, 0.5) is 0 Å². The van der Waals surface area contributed by atoms with Crippen molar-refractivity contribution in [1.29, 1.82) is 0 Å². The van der Waals surface area contributed by atoms with Gasteiger partial charge in [-0.2, -0.15) is 0 Å². The third-order valence-corrected chi connectivity index (χ3v) is 11.5. The van der Waals surface area contributed by atoms with Crippen molar-refractivity contribution >= 4 is 19.7 Å². The highest BCUT2D eigenvalue weighted by Gasteiger charge is 2.23. The number of carbonyl (C=O) groups excluding carboxylic acids is 2. The Bertz CT molecular complexity index is 1380. The number of aliphatic hydroxyl groups is 1. The van der Waals surface area contributed by atoms with E-state index in [-0.39, 0.29) is 32.1 Å². The maximum absolute atomic E-state index is 12.2. The van der Waals surface area contributed by atoms with Gasteiger partial charge in [-0.05, 0) is 96.3 Å². The molecule has 0 aromatic carbocycles. The highest BCUT2D eigenvalue weighted by atomic mass is 31.2. The quantitative estimate of drug-likeness (QED) is 0.0238. The number of allylic oxidation sites excluding steroid dienone is 16. The number of hydrogen-bond acceptors (Lipinski definition) is 7. The topological polar surface area (TPSA) is 131 Å². The lowest BCUT2D eigenvalue weighted by atomic mass is 10.1. The van der Waals surface area contributed by atoms with Gasteiger partial charge in [0.2, 0.25) is 5.91 Å². The number of phosphoric acid groups is 1. The summed E-state index contributed by atoms with van der Waals surface area (Å²) in [6.45, 7) is 3.39. The standard InChI is InChI=1S/C55H94NO8P/c1-3-5-7-9-11-13-15-17-19-21-23-25-26-28-29-31-33-35-37-39-41-43-45-47-54(58)56-49-50-63-65(60,61)64-52-53(57)51-62-55(59)48-46-44-42-40-38-36-34-32-30-27-24-22-20-18-16-14-12-10-8-6-4-2/h5,7,11-14,17-20,23-25,27-29,53,57H,3-4,6,8-10,15-16,21-22,26,30-52H2,1-2H3,(H,56,58)(H,60,61)/b7-5-,13-11-,14-12-,19-17-,20-18-,25-23-,27-24-,29-28-. The number of aliphatic hydroxyl groups excluding tert-OH is 1. The third kappa shape index (κ3) is 51.8. The summed E-state index contributed by atoms with van der Waals surface area (Å²) < 4.78 is 27.0. The largest absolute Gasteiger partial charge is 0.472 e. The average Bonchev–Trinajstić information content (AvgIpc) is 3.29. The molecule has 0 aromatic heterocycles. The van der Waals surface area contributed by atoms with Gasteiger partial charge in [0.15, 0.2) is 0 Å². The Morgan fingerprint density at radius 3 is 1.32 bits per heavy atom. The molecular formula is C55H94NO8P. The van der Waals surface area contributed by atoms with Gasteiger partial charge < -0.3 is 20.1 Å². The molecule has 1 amide bonds. The van der Waals surface area contributed by atoms with Crippen LogP contribution in [0.1, 0.15) is 206 Å². The highest BCUT2D eigenvalue weighted by molar-refractivity contribution is 7.47. The van der Waals surface area contributed by atoms with Crippen LogP contribution in [0, 0.1) is 0 Å². The van der Waals surface area contributed by atoms with Gasteiger partial charge in [0.1, 0.15) is 12.7 Å². The number of amides is 1. The molecule has 0 heterocycles. The molecule has 2 unspecified atom stereocenters. The van der Waals surface area contributed by atoms with E-state index in [1.165, 1.54) is 77.0 Å². The first kappa shape index (κ1) is 61.9. The Kier molecular flexibility index (Phi) is 48.0.